The van der Waals surface area contributed by atoms with E-state index in [0.29, 0.717) is 11.9 Å². The van der Waals surface area contributed by atoms with Crippen molar-refractivity contribution >= 4 is 23.5 Å². The second-order valence-corrected chi connectivity index (χ2v) is 3.24. The highest BCUT2D eigenvalue weighted by Crippen LogP contribution is 2.11. The molecule has 0 spiro atoms. The summed E-state index contributed by atoms with van der Waals surface area (Å²) >= 11 is 5.74. The van der Waals surface area contributed by atoms with Crippen molar-refractivity contribution in [2.24, 2.45) is 0 Å². The van der Waals surface area contributed by atoms with E-state index < -0.39 is 0 Å². The highest BCUT2D eigenvalue weighted by Gasteiger charge is 2.07. The van der Waals surface area contributed by atoms with Gasteiger partial charge in [0.25, 0.3) is 0 Å². The quantitative estimate of drug-likeness (QED) is 0.823. The van der Waals surface area contributed by atoms with Gasteiger partial charge in [-0.05, 0) is 18.0 Å². The van der Waals surface area contributed by atoms with Crippen LogP contribution < -0.4 is 10.2 Å². The van der Waals surface area contributed by atoms with Crippen LogP contribution in [0.15, 0.2) is 0 Å². The van der Waals surface area contributed by atoms with Crippen LogP contribution in [0.25, 0.3) is 0 Å². The van der Waals surface area contributed by atoms with Crippen molar-refractivity contribution in [2.75, 3.05) is 30.9 Å². The van der Waals surface area contributed by atoms with Crippen LogP contribution >= 0.6 is 11.6 Å². The first-order valence-corrected chi connectivity index (χ1v) is 4.85. The highest BCUT2D eigenvalue weighted by molar-refractivity contribution is 6.28. The van der Waals surface area contributed by atoms with Crippen molar-refractivity contribution in [1.29, 1.82) is 0 Å². The molecule has 0 atom stereocenters. The Morgan fingerprint density at radius 1 is 1.36 bits per heavy atom. The van der Waals surface area contributed by atoms with Crippen molar-refractivity contribution in [3.05, 3.63) is 5.28 Å². The number of rotatable bonds is 4. The Morgan fingerprint density at radius 2 is 2.07 bits per heavy atom. The van der Waals surface area contributed by atoms with Crippen LogP contribution in [0.4, 0.5) is 11.9 Å². The third-order valence-corrected chi connectivity index (χ3v) is 1.89. The van der Waals surface area contributed by atoms with E-state index in [0.717, 1.165) is 13.0 Å². The number of hydrogen-bond donors (Lipinski definition) is 1. The second kappa shape index (κ2) is 4.95. The summed E-state index contributed by atoms with van der Waals surface area (Å²) in [5, 5.41) is 3.04. The van der Waals surface area contributed by atoms with E-state index in [2.05, 4.69) is 27.2 Å². The van der Waals surface area contributed by atoms with E-state index in [1.807, 2.05) is 11.9 Å². The van der Waals surface area contributed by atoms with Crippen molar-refractivity contribution in [1.82, 2.24) is 15.0 Å². The fourth-order valence-electron chi connectivity index (χ4n) is 1.06. The smallest absolute Gasteiger partial charge is 0.231 e. The van der Waals surface area contributed by atoms with Crippen molar-refractivity contribution in [3.8, 4) is 0 Å². The number of anilines is 2. The standard InChI is InChI=1S/C8H14ClN5/c1-4-5-14(3)8-12-6(9)11-7(10-2)13-8/h4-5H2,1-3H3,(H,10,11,12,13). The summed E-state index contributed by atoms with van der Waals surface area (Å²) in [5.74, 6) is 1.08. The van der Waals surface area contributed by atoms with Crippen LogP contribution in [0, 0.1) is 0 Å². The Balaban J connectivity index is 2.90. The zero-order chi connectivity index (χ0) is 10.6. The fraction of sp³-hybridized carbons (Fsp3) is 0.625. The average Bonchev–Trinajstić information content (AvgIpc) is 2.17. The number of halogens is 1. The first-order chi connectivity index (χ1) is 6.67. The summed E-state index contributed by atoms with van der Waals surface area (Å²) in [7, 11) is 3.67. The van der Waals surface area contributed by atoms with Gasteiger partial charge in [-0.15, -0.1) is 0 Å². The van der Waals surface area contributed by atoms with Crippen LogP contribution in [-0.4, -0.2) is 35.6 Å². The molecule has 0 aliphatic heterocycles. The molecule has 5 nitrogen and oxygen atoms in total. The number of nitrogens with zero attached hydrogens (tertiary/aromatic N) is 4. The van der Waals surface area contributed by atoms with Gasteiger partial charge < -0.3 is 10.2 Å². The molecule has 0 radical (unpaired) electrons. The van der Waals surface area contributed by atoms with Gasteiger partial charge >= 0.3 is 0 Å². The topological polar surface area (TPSA) is 53.9 Å². The third kappa shape index (κ3) is 2.70. The zero-order valence-electron chi connectivity index (χ0n) is 8.58. The molecule has 0 amide bonds. The Kier molecular flexibility index (Phi) is 3.88. The van der Waals surface area contributed by atoms with E-state index in [4.69, 9.17) is 11.6 Å². The lowest BCUT2D eigenvalue weighted by molar-refractivity contribution is 0.812. The van der Waals surface area contributed by atoms with E-state index >= 15 is 0 Å². The zero-order valence-corrected chi connectivity index (χ0v) is 9.34. The lowest BCUT2D eigenvalue weighted by atomic mass is 10.4. The summed E-state index contributed by atoms with van der Waals surface area (Å²) in [6, 6.07) is 0. The van der Waals surface area contributed by atoms with Crippen LogP contribution in [0.5, 0.6) is 0 Å². The minimum atomic E-state index is 0.210. The van der Waals surface area contributed by atoms with Gasteiger partial charge in [0.15, 0.2) is 0 Å². The van der Waals surface area contributed by atoms with E-state index in [9.17, 15) is 0 Å². The molecular weight excluding hydrogens is 202 g/mol. The molecule has 6 heteroatoms. The summed E-state index contributed by atoms with van der Waals surface area (Å²) in [6.07, 6.45) is 1.04. The molecule has 0 unspecified atom stereocenters. The van der Waals surface area contributed by atoms with Crippen molar-refractivity contribution < 1.29 is 0 Å². The maximum Gasteiger partial charge on any atom is 0.231 e. The normalized spacial score (nSPS) is 10.0. The fourth-order valence-corrected chi connectivity index (χ4v) is 1.21. The maximum absolute atomic E-state index is 5.74. The molecule has 0 aliphatic rings. The highest BCUT2D eigenvalue weighted by atomic mass is 35.5. The average molecular weight is 216 g/mol. The molecule has 0 saturated carbocycles. The van der Waals surface area contributed by atoms with Gasteiger partial charge in [-0.1, -0.05) is 6.92 Å². The SMILES string of the molecule is CCCN(C)c1nc(Cl)nc(NC)n1. The Hall–Kier alpha value is -1.10. The molecule has 1 rings (SSSR count). The Morgan fingerprint density at radius 3 is 2.64 bits per heavy atom. The van der Waals surface area contributed by atoms with Gasteiger partial charge in [0.1, 0.15) is 0 Å². The van der Waals surface area contributed by atoms with Crippen LogP contribution in [0.1, 0.15) is 13.3 Å². The lowest BCUT2D eigenvalue weighted by Crippen LogP contribution is -2.21. The molecule has 78 valence electrons. The van der Waals surface area contributed by atoms with Crippen LogP contribution in [0.2, 0.25) is 5.28 Å². The first kappa shape index (κ1) is 11.0. The maximum atomic E-state index is 5.74. The minimum Gasteiger partial charge on any atom is -0.357 e. The van der Waals surface area contributed by atoms with Gasteiger partial charge in [-0.2, -0.15) is 15.0 Å². The molecule has 1 N–H and O–H groups in total. The summed E-state index contributed by atoms with van der Waals surface area (Å²) in [4.78, 5) is 14.0. The van der Waals surface area contributed by atoms with Gasteiger partial charge in [-0.25, -0.2) is 0 Å². The molecule has 14 heavy (non-hydrogen) atoms. The van der Waals surface area contributed by atoms with Crippen LogP contribution in [-0.2, 0) is 0 Å². The van der Waals surface area contributed by atoms with E-state index in [1.165, 1.54) is 0 Å². The second-order valence-electron chi connectivity index (χ2n) is 2.90. The summed E-state index contributed by atoms with van der Waals surface area (Å²) < 4.78 is 0. The molecule has 0 saturated heterocycles. The number of aromatic nitrogens is 3. The predicted molar refractivity (Wildman–Crippen MR) is 57.9 cm³/mol. The predicted octanol–water partition coefficient (Wildman–Crippen LogP) is 1.41. The first-order valence-electron chi connectivity index (χ1n) is 4.47. The molecule has 1 aromatic heterocycles. The number of nitrogens with one attached hydrogen (secondary N) is 1. The molecule has 0 fully saturated rings. The summed E-state index contributed by atoms with van der Waals surface area (Å²) in [5.41, 5.74) is 0. The molecular formula is C8H14ClN5. The van der Waals surface area contributed by atoms with Gasteiger partial charge in [-0.3, -0.25) is 0 Å². The van der Waals surface area contributed by atoms with Crippen molar-refractivity contribution in [2.45, 2.75) is 13.3 Å². The van der Waals surface area contributed by atoms with Gasteiger partial charge in [0.2, 0.25) is 17.2 Å². The number of hydrogen-bond acceptors (Lipinski definition) is 5. The summed E-state index contributed by atoms with van der Waals surface area (Å²) in [6.45, 7) is 2.99. The van der Waals surface area contributed by atoms with Crippen molar-refractivity contribution in [3.63, 3.8) is 0 Å². The Labute approximate surface area is 88.5 Å². The van der Waals surface area contributed by atoms with E-state index in [-0.39, 0.29) is 5.28 Å². The van der Waals surface area contributed by atoms with Crippen LogP contribution in [0.3, 0.4) is 0 Å². The third-order valence-electron chi connectivity index (χ3n) is 1.72. The molecule has 1 aromatic rings. The van der Waals surface area contributed by atoms with Gasteiger partial charge in [0.05, 0.1) is 0 Å². The molecule has 0 bridgehead atoms. The minimum absolute atomic E-state index is 0.210. The largest absolute Gasteiger partial charge is 0.357 e. The molecule has 0 aliphatic carbocycles. The Bertz CT molecular complexity index is 304. The monoisotopic (exact) mass is 215 g/mol. The van der Waals surface area contributed by atoms with E-state index in [1.54, 1.807) is 7.05 Å². The van der Waals surface area contributed by atoms with Gasteiger partial charge in [0, 0.05) is 20.6 Å². The molecule has 0 aromatic carbocycles. The lowest BCUT2D eigenvalue weighted by Gasteiger charge is -2.15. The molecule has 1 heterocycles.